The molecule has 2 aliphatic rings. The van der Waals surface area contributed by atoms with E-state index in [9.17, 15) is 18.0 Å². The van der Waals surface area contributed by atoms with Gasteiger partial charge >= 0.3 is 5.97 Å². The largest absolute Gasteiger partial charge is 0.489 e. The summed E-state index contributed by atoms with van der Waals surface area (Å²) in [6.07, 6.45) is -1.00. The molecule has 10 heteroatoms. The summed E-state index contributed by atoms with van der Waals surface area (Å²) >= 11 is 0. The van der Waals surface area contributed by atoms with Crippen LogP contribution in [0.1, 0.15) is 42.3 Å². The molecule has 0 aliphatic carbocycles. The highest BCUT2D eigenvalue weighted by Crippen LogP contribution is 2.34. The zero-order chi connectivity index (χ0) is 23.6. The van der Waals surface area contributed by atoms with Crippen LogP contribution in [-0.4, -0.2) is 57.0 Å². The van der Waals surface area contributed by atoms with Gasteiger partial charge in [0, 0.05) is 18.7 Å². The fraction of sp³-hybridized carbons (Fsp3) is 0.391. The number of hydrogen-bond acceptors (Lipinski definition) is 7. The summed E-state index contributed by atoms with van der Waals surface area (Å²) in [5.74, 6) is -0.548. The van der Waals surface area contributed by atoms with Gasteiger partial charge in [-0.1, -0.05) is 18.2 Å². The highest BCUT2D eigenvalue weighted by Gasteiger charge is 2.32. The molecule has 1 amide bonds. The monoisotopic (exact) mass is 474 g/mol. The molecule has 1 fully saturated rings. The first-order chi connectivity index (χ1) is 15.8. The van der Waals surface area contributed by atoms with Gasteiger partial charge in [-0.15, -0.1) is 0 Å². The number of benzene rings is 2. The Morgan fingerprint density at radius 1 is 1.18 bits per heavy atom. The van der Waals surface area contributed by atoms with Crippen molar-refractivity contribution in [2.45, 2.75) is 37.4 Å². The van der Waals surface area contributed by atoms with Crippen LogP contribution in [0, 0.1) is 0 Å². The Labute approximate surface area is 192 Å². The highest BCUT2D eigenvalue weighted by molar-refractivity contribution is 7.89. The van der Waals surface area contributed by atoms with E-state index in [1.54, 1.807) is 24.3 Å². The predicted octanol–water partition coefficient (Wildman–Crippen LogP) is 2.74. The molecule has 0 unspecified atom stereocenters. The molecule has 33 heavy (non-hydrogen) atoms. The van der Waals surface area contributed by atoms with Gasteiger partial charge in [0.2, 0.25) is 15.9 Å². The summed E-state index contributed by atoms with van der Waals surface area (Å²) < 4.78 is 43.9. The first-order valence-corrected chi connectivity index (χ1v) is 12.2. The molecule has 0 spiro atoms. The van der Waals surface area contributed by atoms with E-state index in [2.05, 4.69) is 5.32 Å². The van der Waals surface area contributed by atoms with E-state index in [1.165, 1.54) is 22.5 Å². The van der Waals surface area contributed by atoms with Crippen LogP contribution in [0.2, 0.25) is 0 Å². The van der Waals surface area contributed by atoms with Crippen molar-refractivity contribution in [1.82, 2.24) is 4.31 Å². The van der Waals surface area contributed by atoms with Crippen LogP contribution < -0.4 is 10.1 Å². The number of hydrogen-bond donors (Lipinski definition) is 1. The maximum absolute atomic E-state index is 13.1. The van der Waals surface area contributed by atoms with E-state index in [0.29, 0.717) is 30.1 Å². The first-order valence-electron chi connectivity index (χ1n) is 10.7. The standard InChI is InChI=1S/C23H26N2O7S/c1-15(2)31-20-8-7-16(33(28,29)25-9-11-30-12-10-25)13-19(20)24-22(26)14-21-17-5-3-4-6-18(17)23(27)32-21/h3-8,13,15,21H,9-12,14H2,1-2H3,(H,24,26)/t21-/m1/s1. The average Bonchev–Trinajstić information content (AvgIpc) is 3.10. The molecule has 1 saturated heterocycles. The fourth-order valence-corrected chi connectivity index (χ4v) is 5.24. The van der Waals surface area contributed by atoms with Crippen molar-refractivity contribution in [2.24, 2.45) is 0 Å². The van der Waals surface area contributed by atoms with Gasteiger partial charge in [-0.05, 0) is 38.1 Å². The van der Waals surface area contributed by atoms with E-state index in [0.717, 1.165) is 0 Å². The Hall–Kier alpha value is -2.95. The lowest BCUT2D eigenvalue weighted by Gasteiger charge is -2.26. The van der Waals surface area contributed by atoms with Crippen molar-refractivity contribution < 1.29 is 32.2 Å². The molecule has 4 rings (SSSR count). The zero-order valence-electron chi connectivity index (χ0n) is 18.4. The number of cyclic esters (lactones) is 1. The van der Waals surface area contributed by atoms with Gasteiger partial charge in [-0.25, -0.2) is 13.2 Å². The van der Waals surface area contributed by atoms with E-state index < -0.39 is 28.0 Å². The number of fused-ring (bicyclic) bond motifs is 1. The molecule has 9 nitrogen and oxygen atoms in total. The lowest BCUT2D eigenvalue weighted by atomic mass is 10.0. The maximum atomic E-state index is 13.1. The first kappa shape index (κ1) is 23.2. The zero-order valence-corrected chi connectivity index (χ0v) is 19.3. The Morgan fingerprint density at radius 2 is 1.91 bits per heavy atom. The molecule has 2 aromatic rings. The Balaban J connectivity index is 1.57. The summed E-state index contributed by atoms with van der Waals surface area (Å²) in [6.45, 7) is 4.86. The summed E-state index contributed by atoms with van der Waals surface area (Å²) in [6, 6.07) is 11.3. The number of amides is 1. The third kappa shape index (κ3) is 5.02. The van der Waals surface area contributed by atoms with Gasteiger partial charge in [0.05, 0.1) is 41.9 Å². The molecule has 2 heterocycles. The van der Waals surface area contributed by atoms with Crippen LogP contribution in [0.25, 0.3) is 0 Å². The summed E-state index contributed by atoms with van der Waals surface area (Å²) in [7, 11) is -3.76. The molecule has 0 saturated carbocycles. The van der Waals surface area contributed by atoms with Crippen LogP contribution in [0.4, 0.5) is 5.69 Å². The normalized spacial score (nSPS) is 18.6. The predicted molar refractivity (Wildman–Crippen MR) is 120 cm³/mol. The number of morpholine rings is 1. The molecule has 2 aromatic carbocycles. The smallest absolute Gasteiger partial charge is 0.339 e. The minimum Gasteiger partial charge on any atom is -0.489 e. The third-order valence-corrected chi connectivity index (χ3v) is 7.24. The van der Waals surface area contributed by atoms with Gasteiger partial charge in [0.1, 0.15) is 11.9 Å². The molecule has 0 aromatic heterocycles. The third-order valence-electron chi connectivity index (χ3n) is 5.34. The number of anilines is 1. The molecule has 176 valence electrons. The van der Waals surface area contributed by atoms with Gasteiger partial charge in [-0.3, -0.25) is 4.79 Å². The van der Waals surface area contributed by atoms with Gasteiger partial charge < -0.3 is 19.5 Å². The molecule has 1 N–H and O–H groups in total. The number of esters is 1. The SMILES string of the molecule is CC(C)Oc1ccc(S(=O)(=O)N2CCOCC2)cc1NC(=O)C[C@H]1OC(=O)c2ccccc21. The summed E-state index contributed by atoms with van der Waals surface area (Å²) in [4.78, 5) is 24.9. The minimum absolute atomic E-state index is 0.0495. The van der Waals surface area contributed by atoms with E-state index in [-0.39, 0.29) is 36.2 Å². The second-order valence-corrected chi connectivity index (χ2v) is 10.0. The van der Waals surface area contributed by atoms with Crippen molar-refractivity contribution in [2.75, 3.05) is 31.6 Å². The van der Waals surface area contributed by atoms with Gasteiger partial charge in [0.25, 0.3) is 0 Å². The Kier molecular flexibility index (Phi) is 6.68. The lowest BCUT2D eigenvalue weighted by Crippen LogP contribution is -2.40. The van der Waals surface area contributed by atoms with E-state index in [1.807, 2.05) is 13.8 Å². The van der Waals surface area contributed by atoms with Crippen molar-refractivity contribution in [3.05, 3.63) is 53.6 Å². The molecule has 2 aliphatic heterocycles. The minimum atomic E-state index is -3.76. The van der Waals surface area contributed by atoms with E-state index in [4.69, 9.17) is 14.2 Å². The van der Waals surface area contributed by atoms with Crippen LogP contribution in [0.3, 0.4) is 0 Å². The molecule has 1 atom stereocenters. The Bertz CT molecular complexity index is 1160. The van der Waals surface area contributed by atoms with Crippen molar-refractivity contribution >= 4 is 27.6 Å². The molecular weight excluding hydrogens is 448 g/mol. The fourth-order valence-electron chi connectivity index (χ4n) is 3.80. The number of carbonyl (C=O) groups is 2. The number of nitrogens with zero attached hydrogens (tertiary/aromatic N) is 1. The second kappa shape index (κ2) is 9.50. The number of nitrogens with one attached hydrogen (secondary N) is 1. The van der Waals surface area contributed by atoms with Gasteiger partial charge in [0.15, 0.2) is 0 Å². The quantitative estimate of drug-likeness (QED) is 0.614. The van der Waals surface area contributed by atoms with Crippen LogP contribution >= 0.6 is 0 Å². The van der Waals surface area contributed by atoms with Crippen molar-refractivity contribution in [3.8, 4) is 5.75 Å². The lowest BCUT2D eigenvalue weighted by molar-refractivity contribution is -0.118. The summed E-state index contributed by atoms with van der Waals surface area (Å²) in [5, 5.41) is 2.74. The topological polar surface area (TPSA) is 111 Å². The van der Waals surface area contributed by atoms with Gasteiger partial charge in [-0.2, -0.15) is 4.31 Å². The average molecular weight is 475 g/mol. The summed E-state index contributed by atoms with van der Waals surface area (Å²) in [5.41, 5.74) is 1.33. The second-order valence-electron chi connectivity index (χ2n) is 8.07. The maximum Gasteiger partial charge on any atom is 0.339 e. The van der Waals surface area contributed by atoms with Crippen molar-refractivity contribution in [1.29, 1.82) is 0 Å². The van der Waals surface area contributed by atoms with Crippen molar-refractivity contribution in [3.63, 3.8) is 0 Å². The molecular formula is C23H26N2O7S. The van der Waals surface area contributed by atoms with E-state index >= 15 is 0 Å². The number of rotatable bonds is 7. The number of carbonyl (C=O) groups excluding carboxylic acids is 2. The number of ether oxygens (including phenoxy) is 3. The molecule has 0 radical (unpaired) electrons. The highest BCUT2D eigenvalue weighted by atomic mass is 32.2. The molecule has 0 bridgehead atoms. The Morgan fingerprint density at radius 3 is 2.64 bits per heavy atom. The number of sulfonamides is 1. The van der Waals surface area contributed by atoms with Crippen LogP contribution in [0.5, 0.6) is 5.75 Å². The van der Waals surface area contributed by atoms with Crippen LogP contribution in [0.15, 0.2) is 47.4 Å². The van der Waals surface area contributed by atoms with Crippen LogP contribution in [-0.2, 0) is 24.3 Å².